The Bertz CT molecular complexity index is 229. The van der Waals surface area contributed by atoms with Gasteiger partial charge < -0.3 is 4.90 Å². The highest BCUT2D eigenvalue weighted by molar-refractivity contribution is 4.86. The van der Waals surface area contributed by atoms with Gasteiger partial charge in [0, 0.05) is 12.6 Å². The van der Waals surface area contributed by atoms with Crippen molar-refractivity contribution in [2.75, 3.05) is 13.6 Å². The lowest BCUT2D eigenvalue weighted by molar-refractivity contribution is 0.122. The second kappa shape index (κ2) is 4.99. The topological polar surface area (TPSA) is 27.0 Å². The Balaban J connectivity index is 2.37. The molecule has 0 bridgehead atoms. The van der Waals surface area contributed by atoms with E-state index in [4.69, 9.17) is 5.26 Å². The molecule has 2 heteroatoms. The van der Waals surface area contributed by atoms with E-state index in [-0.39, 0.29) is 5.92 Å². The average molecular weight is 208 g/mol. The Labute approximate surface area is 94.3 Å². The second-order valence-corrected chi connectivity index (χ2v) is 5.87. The van der Waals surface area contributed by atoms with Crippen LogP contribution in [0, 0.1) is 22.7 Å². The van der Waals surface area contributed by atoms with Crippen LogP contribution in [0.25, 0.3) is 0 Å². The zero-order chi connectivity index (χ0) is 11.5. The van der Waals surface area contributed by atoms with Crippen LogP contribution < -0.4 is 0 Å². The molecule has 0 N–H and O–H groups in total. The summed E-state index contributed by atoms with van der Waals surface area (Å²) in [5.41, 5.74) is 0.540. The van der Waals surface area contributed by atoms with Gasteiger partial charge in [0.1, 0.15) is 0 Å². The average Bonchev–Trinajstić information content (AvgIpc) is 2.17. The molecule has 1 aliphatic carbocycles. The van der Waals surface area contributed by atoms with Crippen LogP contribution in [0.3, 0.4) is 0 Å². The fourth-order valence-corrected chi connectivity index (χ4v) is 2.45. The first-order chi connectivity index (χ1) is 6.94. The predicted octanol–water partition coefficient (Wildman–Crippen LogP) is 3.05. The molecule has 1 saturated carbocycles. The van der Waals surface area contributed by atoms with Crippen LogP contribution in [0.15, 0.2) is 0 Å². The third kappa shape index (κ3) is 3.83. The van der Waals surface area contributed by atoms with Gasteiger partial charge in [-0.15, -0.1) is 0 Å². The highest BCUT2D eigenvalue weighted by Crippen LogP contribution is 2.36. The fraction of sp³-hybridized carbons (Fsp3) is 0.923. The van der Waals surface area contributed by atoms with Crippen LogP contribution >= 0.6 is 0 Å². The fourth-order valence-electron chi connectivity index (χ4n) is 2.45. The minimum absolute atomic E-state index is 0.157. The van der Waals surface area contributed by atoms with E-state index in [1.165, 1.54) is 25.7 Å². The van der Waals surface area contributed by atoms with Crippen molar-refractivity contribution in [1.29, 1.82) is 5.26 Å². The number of hydrogen-bond donors (Lipinski definition) is 0. The third-order valence-electron chi connectivity index (χ3n) is 3.71. The summed E-state index contributed by atoms with van der Waals surface area (Å²) in [4.78, 5) is 2.38. The van der Waals surface area contributed by atoms with Crippen LogP contribution in [0.2, 0.25) is 0 Å². The first-order valence-corrected chi connectivity index (χ1v) is 6.04. The van der Waals surface area contributed by atoms with E-state index in [1.807, 2.05) is 6.92 Å². The Kier molecular flexibility index (Phi) is 4.16. The van der Waals surface area contributed by atoms with Crippen molar-refractivity contribution in [2.24, 2.45) is 11.3 Å². The van der Waals surface area contributed by atoms with E-state index in [0.29, 0.717) is 11.5 Å². The summed E-state index contributed by atoms with van der Waals surface area (Å²) in [6, 6.07) is 3.01. The van der Waals surface area contributed by atoms with E-state index in [9.17, 15) is 0 Å². The maximum Gasteiger partial charge on any atom is 0.0666 e. The van der Waals surface area contributed by atoms with Crippen LogP contribution in [0.5, 0.6) is 0 Å². The maximum absolute atomic E-state index is 8.79. The highest BCUT2D eigenvalue weighted by Gasteiger charge is 2.28. The van der Waals surface area contributed by atoms with Gasteiger partial charge in [0.25, 0.3) is 0 Å². The van der Waals surface area contributed by atoms with Crippen molar-refractivity contribution >= 4 is 0 Å². The third-order valence-corrected chi connectivity index (χ3v) is 3.71. The van der Waals surface area contributed by atoms with Gasteiger partial charge in [0.2, 0.25) is 0 Å². The molecule has 1 aliphatic rings. The molecule has 1 rings (SSSR count). The van der Waals surface area contributed by atoms with Gasteiger partial charge in [0.05, 0.1) is 12.0 Å². The van der Waals surface area contributed by atoms with Gasteiger partial charge in [-0.25, -0.2) is 0 Å². The molecule has 0 heterocycles. The molecule has 0 amide bonds. The molecule has 0 aromatic heterocycles. The van der Waals surface area contributed by atoms with Crippen molar-refractivity contribution in [2.45, 2.75) is 52.5 Å². The van der Waals surface area contributed by atoms with Crippen molar-refractivity contribution in [3.05, 3.63) is 0 Å². The summed E-state index contributed by atoms with van der Waals surface area (Å²) >= 11 is 0. The van der Waals surface area contributed by atoms with Crippen LogP contribution in [0.4, 0.5) is 0 Å². The normalized spacial score (nSPS) is 23.7. The van der Waals surface area contributed by atoms with Gasteiger partial charge >= 0.3 is 0 Å². The van der Waals surface area contributed by atoms with Gasteiger partial charge in [-0.05, 0) is 45.1 Å². The molecule has 15 heavy (non-hydrogen) atoms. The first-order valence-electron chi connectivity index (χ1n) is 6.04. The molecule has 0 spiro atoms. The Morgan fingerprint density at radius 1 is 1.40 bits per heavy atom. The Hall–Kier alpha value is -0.550. The smallest absolute Gasteiger partial charge is 0.0666 e. The summed E-state index contributed by atoms with van der Waals surface area (Å²) in [5, 5.41) is 8.79. The highest BCUT2D eigenvalue weighted by atomic mass is 15.1. The van der Waals surface area contributed by atoms with Crippen LogP contribution in [-0.2, 0) is 0 Å². The van der Waals surface area contributed by atoms with E-state index in [1.54, 1.807) is 0 Å². The number of nitrogens with zero attached hydrogens (tertiary/aromatic N) is 2. The maximum atomic E-state index is 8.79. The van der Waals surface area contributed by atoms with Crippen LogP contribution in [0.1, 0.15) is 46.5 Å². The van der Waals surface area contributed by atoms with Crippen molar-refractivity contribution in [3.8, 4) is 6.07 Å². The minimum atomic E-state index is 0.157. The van der Waals surface area contributed by atoms with E-state index in [2.05, 4.69) is 31.9 Å². The molecule has 0 saturated heterocycles. The monoisotopic (exact) mass is 208 g/mol. The molecule has 0 aliphatic heterocycles. The standard InChI is InChI=1S/C13H24N2/c1-11(9-14)10-15(4)12-5-7-13(2,3)8-6-12/h11-12H,5-8,10H2,1-4H3. The molecule has 2 nitrogen and oxygen atoms in total. The predicted molar refractivity (Wildman–Crippen MR) is 63.4 cm³/mol. The summed E-state index contributed by atoms with van der Waals surface area (Å²) in [6.45, 7) is 7.65. The summed E-state index contributed by atoms with van der Waals surface area (Å²) in [5.74, 6) is 0.157. The molecule has 1 unspecified atom stereocenters. The lowest BCUT2D eigenvalue weighted by atomic mass is 9.75. The SMILES string of the molecule is CC(C#N)CN(C)C1CCC(C)(C)CC1. The molecule has 0 aromatic carbocycles. The Morgan fingerprint density at radius 3 is 2.40 bits per heavy atom. The molecule has 0 aromatic rings. The summed E-state index contributed by atoms with van der Waals surface area (Å²) < 4.78 is 0. The number of hydrogen-bond acceptors (Lipinski definition) is 2. The molecule has 1 fully saturated rings. The van der Waals surface area contributed by atoms with E-state index in [0.717, 1.165) is 6.54 Å². The van der Waals surface area contributed by atoms with Gasteiger partial charge in [-0.1, -0.05) is 13.8 Å². The van der Waals surface area contributed by atoms with Crippen molar-refractivity contribution in [1.82, 2.24) is 4.90 Å². The van der Waals surface area contributed by atoms with Gasteiger partial charge in [-0.2, -0.15) is 5.26 Å². The van der Waals surface area contributed by atoms with Crippen LogP contribution in [-0.4, -0.2) is 24.5 Å². The summed E-state index contributed by atoms with van der Waals surface area (Å²) in [6.07, 6.45) is 5.23. The first kappa shape index (κ1) is 12.5. The largest absolute Gasteiger partial charge is 0.302 e. The van der Waals surface area contributed by atoms with Crippen molar-refractivity contribution in [3.63, 3.8) is 0 Å². The molecule has 1 atom stereocenters. The lowest BCUT2D eigenvalue weighted by Gasteiger charge is -2.38. The number of nitriles is 1. The van der Waals surface area contributed by atoms with Gasteiger partial charge in [-0.3, -0.25) is 0 Å². The number of rotatable bonds is 3. The zero-order valence-corrected chi connectivity index (χ0v) is 10.6. The van der Waals surface area contributed by atoms with E-state index < -0.39 is 0 Å². The Morgan fingerprint density at radius 2 is 1.93 bits per heavy atom. The minimum Gasteiger partial charge on any atom is -0.302 e. The molecule has 86 valence electrons. The zero-order valence-electron chi connectivity index (χ0n) is 10.6. The molecule has 0 radical (unpaired) electrons. The quantitative estimate of drug-likeness (QED) is 0.713. The molecular weight excluding hydrogens is 184 g/mol. The molecular formula is C13H24N2. The van der Waals surface area contributed by atoms with Crippen molar-refractivity contribution < 1.29 is 0 Å². The lowest BCUT2D eigenvalue weighted by Crippen LogP contribution is -2.39. The summed E-state index contributed by atoms with van der Waals surface area (Å²) in [7, 11) is 2.16. The second-order valence-electron chi connectivity index (χ2n) is 5.87. The van der Waals surface area contributed by atoms with E-state index >= 15 is 0 Å². The van der Waals surface area contributed by atoms with Gasteiger partial charge in [0.15, 0.2) is 0 Å².